The van der Waals surface area contributed by atoms with Crippen molar-refractivity contribution in [3.8, 4) is 6.07 Å². The van der Waals surface area contributed by atoms with E-state index in [-0.39, 0.29) is 6.04 Å². The van der Waals surface area contributed by atoms with E-state index in [1.807, 2.05) is 23.6 Å². The van der Waals surface area contributed by atoms with Gasteiger partial charge in [-0.1, -0.05) is 6.07 Å². The van der Waals surface area contributed by atoms with Crippen LogP contribution in [-0.2, 0) is 0 Å². The molecule has 0 aliphatic heterocycles. The molecule has 0 saturated heterocycles. The van der Waals surface area contributed by atoms with Crippen LogP contribution in [0.2, 0.25) is 0 Å². The van der Waals surface area contributed by atoms with Crippen molar-refractivity contribution < 1.29 is 0 Å². The lowest BCUT2D eigenvalue weighted by molar-refractivity contribution is 0.765. The molecule has 1 aromatic heterocycles. The Morgan fingerprint density at radius 3 is 3.10 bits per heavy atom. The molecule has 0 aliphatic carbocycles. The Bertz CT molecular complexity index is 222. The Morgan fingerprint density at radius 2 is 2.60 bits per heavy atom. The molecule has 0 saturated carbocycles. The van der Waals surface area contributed by atoms with Gasteiger partial charge in [0.2, 0.25) is 0 Å². The predicted molar refractivity (Wildman–Crippen MR) is 41.5 cm³/mol. The van der Waals surface area contributed by atoms with E-state index in [0.29, 0.717) is 6.42 Å². The molecule has 1 heterocycles. The first-order chi connectivity index (χ1) is 4.84. The van der Waals surface area contributed by atoms with Gasteiger partial charge in [0.15, 0.2) is 0 Å². The number of rotatable bonds is 2. The van der Waals surface area contributed by atoms with Crippen LogP contribution in [0.15, 0.2) is 17.5 Å². The molecule has 0 bridgehead atoms. The lowest BCUT2D eigenvalue weighted by atomic mass is 10.2. The average molecular weight is 152 g/mol. The van der Waals surface area contributed by atoms with E-state index in [2.05, 4.69) is 0 Å². The zero-order chi connectivity index (χ0) is 7.40. The fourth-order valence-corrected chi connectivity index (χ4v) is 1.43. The summed E-state index contributed by atoms with van der Waals surface area (Å²) in [6, 6.07) is 5.84. The van der Waals surface area contributed by atoms with Crippen LogP contribution < -0.4 is 5.73 Å². The third-order valence-electron chi connectivity index (χ3n) is 1.22. The fourth-order valence-electron chi connectivity index (χ4n) is 0.701. The number of nitriles is 1. The van der Waals surface area contributed by atoms with E-state index in [9.17, 15) is 0 Å². The van der Waals surface area contributed by atoms with Gasteiger partial charge in [0.25, 0.3) is 0 Å². The van der Waals surface area contributed by atoms with Gasteiger partial charge in [0.1, 0.15) is 0 Å². The van der Waals surface area contributed by atoms with Gasteiger partial charge in [0.05, 0.1) is 18.5 Å². The summed E-state index contributed by atoms with van der Waals surface area (Å²) < 4.78 is 0. The Kier molecular flexibility index (Phi) is 2.43. The molecular weight excluding hydrogens is 144 g/mol. The van der Waals surface area contributed by atoms with Crippen LogP contribution in [0, 0.1) is 11.3 Å². The van der Waals surface area contributed by atoms with Crippen molar-refractivity contribution in [3.05, 3.63) is 22.4 Å². The van der Waals surface area contributed by atoms with E-state index in [1.165, 1.54) is 0 Å². The summed E-state index contributed by atoms with van der Waals surface area (Å²) in [6.45, 7) is 0. The zero-order valence-electron chi connectivity index (χ0n) is 5.45. The zero-order valence-corrected chi connectivity index (χ0v) is 6.27. The number of thiophene rings is 1. The summed E-state index contributed by atoms with van der Waals surface area (Å²) in [5.41, 5.74) is 5.64. The summed E-state index contributed by atoms with van der Waals surface area (Å²) in [6.07, 6.45) is 0.403. The highest BCUT2D eigenvalue weighted by Crippen LogP contribution is 2.18. The molecule has 0 spiro atoms. The summed E-state index contributed by atoms with van der Waals surface area (Å²) in [5, 5.41) is 10.3. The Balaban J connectivity index is 2.61. The molecule has 3 heteroatoms. The molecule has 2 nitrogen and oxygen atoms in total. The molecule has 0 unspecified atom stereocenters. The van der Waals surface area contributed by atoms with Crippen molar-refractivity contribution in [2.45, 2.75) is 12.5 Å². The first kappa shape index (κ1) is 7.26. The van der Waals surface area contributed by atoms with E-state index in [1.54, 1.807) is 11.3 Å². The molecule has 1 aromatic rings. The molecule has 0 aromatic carbocycles. The predicted octanol–water partition coefficient (Wildman–Crippen LogP) is 1.66. The molecule has 0 fully saturated rings. The maximum atomic E-state index is 8.31. The number of hydrogen-bond acceptors (Lipinski definition) is 3. The average Bonchev–Trinajstić information content (AvgIpc) is 2.38. The highest BCUT2D eigenvalue weighted by molar-refractivity contribution is 7.10. The molecule has 0 amide bonds. The van der Waals surface area contributed by atoms with Crippen LogP contribution in [0.25, 0.3) is 0 Å². The summed E-state index contributed by atoms with van der Waals surface area (Å²) in [7, 11) is 0. The van der Waals surface area contributed by atoms with E-state index in [4.69, 9.17) is 11.0 Å². The van der Waals surface area contributed by atoms with Gasteiger partial charge in [-0.05, 0) is 11.4 Å². The van der Waals surface area contributed by atoms with E-state index < -0.39 is 0 Å². The quantitative estimate of drug-likeness (QED) is 0.700. The largest absolute Gasteiger partial charge is 0.322 e. The van der Waals surface area contributed by atoms with Gasteiger partial charge in [-0.2, -0.15) is 5.26 Å². The molecule has 52 valence electrons. The highest BCUT2D eigenvalue weighted by Gasteiger charge is 2.04. The van der Waals surface area contributed by atoms with Crippen LogP contribution in [0.1, 0.15) is 17.3 Å². The van der Waals surface area contributed by atoms with Crippen molar-refractivity contribution in [2.24, 2.45) is 5.73 Å². The topological polar surface area (TPSA) is 49.8 Å². The lowest BCUT2D eigenvalue weighted by Gasteiger charge is -2.01. The SMILES string of the molecule is N#CC[C@@H](N)c1cccs1. The Labute approximate surface area is 63.9 Å². The fraction of sp³-hybridized carbons (Fsp3) is 0.286. The van der Waals surface area contributed by atoms with Crippen molar-refractivity contribution in [3.63, 3.8) is 0 Å². The highest BCUT2D eigenvalue weighted by atomic mass is 32.1. The van der Waals surface area contributed by atoms with Gasteiger partial charge in [-0.15, -0.1) is 11.3 Å². The molecular formula is C7H8N2S. The third kappa shape index (κ3) is 1.56. The first-order valence-corrected chi connectivity index (χ1v) is 3.88. The molecule has 1 rings (SSSR count). The molecule has 2 N–H and O–H groups in total. The van der Waals surface area contributed by atoms with Crippen molar-refractivity contribution in [2.75, 3.05) is 0 Å². The molecule has 10 heavy (non-hydrogen) atoms. The summed E-state index contributed by atoms with van der Waals surface area (Å²) in [5.74, 6) is 0. The standard InChI is InChI=1S/C7H8N2S/c8-4-3-6(9)7-2-1-5-10-7/h1-2,5-6H,3,9H2/t6-/m1/s1. The van der Waals surface area contributed by atoms with Gasteiger partial charge < -0.3 is 5.73 Å². The second-order valence-corrected chi connectivity index (χ2v) is 2.96. The summed E-state index contributed by atoms with van der Waals surface area (Å²) in [4.78, 5) is 1.08. The van der Waals surface area contributed by atoms with Crippen molar-refractivity contribution in [1.29, 1.82) is 5.26 Å². The monoisotopic (exact) mass is 152 g/mol. The summed E-state index contributed by atoms with van der Waals surface area (Å²) >= 11 is 1.59. The van der Waals surface area contributed by atoms with Crippen LogP contribution >= 0.6 is 11.3 Å². The van der Waals surface area contributed by atoms with Gasteiger partial charge in [0, 0.05) is 4.88 Å². The smallest absolute Gasteiger partial charge is 0.0642 e. The van der Waals surface area contributed by atoms with Gasteiger partial charge in [-0.3, -0.25) is 0 Å². The second kappa shape index (κ2) is 3.35. The normalized spacial score (nSPS) is 12.4. The minimum atomic E-state index is -0.0926. The van der Waals surface area contributed by atoms with Crippen molar-refractivity contribution in [1.82, 2.24) is 0 Å². The third-order valence-corrected chi connectivity index (χ3v) is 2.22. The van der Waals surface area contributed by atoms with E-state index >= 15 is 0 Å². The molecule has 1 atom stereocenters. The maximum Gasteiger partial charge on any atom is 0.0642 e. The van der Waals surface area contributed by atoms with Crippen molar-refractivity contribution >= 4 is 11.3 Å². The van der Waals surface area contributed by atoms with E-state index in [0.717, 1.165) is 4.88 Å². The number of nitrogens with zero attached hydrogens (tertiary/aromatic N) is 1. The van der Waals surface area contributed by atoms with Crippen LogP contribution in [-0.4, -0.2) is 0 Å². The van der Waals surface area contributed by atoms with Crippen LogP contribution in [0.4, 0.5) is 0 Å². The number of nitrogens with two attached hydrogens (primary N) is 1. The van der Waals surface area contributed by atoms with Gasteiger partial charge >= 0.3 is 0 Å². The molecule has 0 radical (unpaired) electrons. The van der Waals surface area contributed by atoms with Crippen LogP contribution in [0.3, 0.4) is 0 Å². The second-order valence-electron chi connectivity index (χ2n) is 1.98. The Hall–Kier alpha value is -0.850. The van der Waals surface area contributed by atoms with Crippen LogP contribution in [0.5, 0.6) is 0 Å². The number of hydrogen-bond donors (Lipinski definition) is 1. The maximum absolute atomic E-state index is 8.31. The first-order valence-electron chi connectivity index (χ1n) is 3.00. The minimum Gasteiger partial charge on any atom is -0.322 e. The lowest BCUT2D eigenvalue weighted by Crippen LogP contribution is -2.06. The minimum absolute atomic E-state index is 0.0926. The molecule has 0 aliphatic rings. The van der Waals surface area contributed by atoms with Gasteiger partial charge in [-0.25, -0.2) is 0 Å². The Morgan fingerprint density at radius 1 is 1.80 bits per heavy atom.